The predicted molar refractivity (Wildman–Crippen MR) is 104 cm³/mol. The summed E-state index contributed by atoms with van der Waals surface area (Å²) in [7, 11) is 0. The molecule has 1 heterocycles. The van der Waals surface area contributed by atoms with Gasteiger partial charge in [-0.05, 0) is 47.5 Å². The van der Waals surface area contributed by atoms with E-state index in [4.69, 9.17) is 0 Å². The first-order valence-electron chi connectivity index (χ1n) is 8.20. The van der Waals surface area contributed by atoms with Crippen molar-refractivity contribution in [3.63, 3.8) is 0 Å². The summed E-state index contributed by atoms with van der Waals surface area (Å²) in [4.78, 5) is 12.3. The number of hydrogen-bond acceptors (Lipinski definition) is 2. The zero-order chi connectivity index (χ0) is 17.8. The van der Waals surface area contributed by atoms with Crippen LogP contribution in [0.5, 0.6) is 0 Å². The van der Waals surface area contributed by atoms with Gasteiger partial charge >= 0.3 is 0 Å². The summed E-state index contributed by atoms with van der Waals surface area (Å²) < 4.78 is 2.75. The Morgan fingerprint density at radius 3 is 2.48 bits per heavy atom. The lowest BCUT2D eigenvalue weighted by molar-refractivity contribution is 0.0951. The van der Waals surface area contributed by atoms with Crippen molar-refractivity contribution >= 4 is 21.8 Å². The highest BCUT2D eigenvalue weighted by Gasteiger charge is 2.13. The van der Waals surface area contributed by atoms with Crippen LogP contribution in [-0.4, -0.2) is 22.2 Å². The molecule has 1 aromatic heterocycles. The number of benzene rings is 2. The van der Waals surface area contributed by atoms with Gasteiger partial charge < -0.3 is 5.32 Å². The highest BCUT2D eigenvalue weighted by atomic mass is 79.9. The molecular weight excluding hydrogens is 378 g/mol. The molecule has 5 heteroatoms. The van der Waals surface area contributed by atoms with Gasteiger partial charge in [0.15, 0.2) is 0 Å². The van der Waals surface area contributed by atoms with Crippen molar-refractivity contribution in [2.45, 2.75) is 20.4 Å². The van der Waals surface area contributed by atoms with E-state index in [2.05, 4.69) is 45.4 Å². The first-order chi connectivity index (χ1) is 12.1. The lowest BCUT2D eigenvalue weighted by Crippen LogP contribution is -2.28. The van der Waals surface area contributed by atoms with Crippen LogP contribution in [0.25, 0.3) is 11.1 Å². The summed E-state index contributed by atoms with van der Waals surface area (Å²) in [6.07, 6.45) is 0. The molecule has 25 heavy (non-hydrogen) atoms. The molecule has 3 aromatic rings. The molecule has 0 saturated carbocycles. The number of hydrogen-bond donors (Lipinski definition) is 1. The predicted octanol–water partition coefficient (Wildman–Crippen LogP) is 4.36. The topological polar surface area (TPSA) is 46.9 Å². The van der Waals surface area contributed by atoms with Crippen LogP contribution in [-0.2, 0) is 6.54 Å². The normalized spacial score (nSPS) is 10.7. The molecule has 3 rings (SSSR count). The summed E-state index contributed by atoms with van der Waals surface area (Å²) in [6.45, 7) is 5.25. The number of nitrogens with zero attached hydrogens (tertiary/aromatic N) is 2. The van der Waals surface area contributed by atoms with Gasteiger partial charge in [-0.25, -0.2) is 0 Å². The van der Waals surface area contributed by atoms with E-state index >= 15 is 0 Å². The van der Waals surface area contributed by atoms with Gasteiger partial charge in [0.25, 0.3) is 5.91 Å². The molecule has 0 unspecified atom stereocenters. The zero-order valence-corrected chi connectivity index (χ0v) is 15.9. The Bertz CT molecular complexity index is 887. The molecule has 4 nitrogen and oxygen atoms in total. The molecule has 0 aliphatic rings. The van der Waals surface area contributed by atoms with E-state index in [1.165, 1.54) is 5.56 Å². The number of carbonyl (C=O) groups excluding carboxylic acids is 1. The first kappa shape index (κ1) is 17.4. The van der Waals surface area contributed by atoms with Gasteiger partial charge in [-0.2, -0.15) is 5.10 Å². The lowest BCUT2D eigenvalue weighted by atomic mass is 10.0. The fourth-order valence-electron chi connectivity index (χ4n) is 2.95. The average molecular weight is 398 g/mol. The van der Waals surface area contributed by atoms with Crippen molar-refractivity contribution in [3.8, 4) is 11.1 Å². The highest BCUT2D eigenvalue weighted by Crippen LogP contribution is 2.26. The van der Waals surface area contributed by atoms with Gasteiger partial charge in [0.05, 0.1) is 17.8 Å². The minimum absolute atomic E-state index is 0.0858. The third kappa shape index (κ3) is 3.82. The number of halogens is 1. The maximum Gasteiger partial charge on any atom is 0.252 e. The van der Waals surface area contributed by atoms with E-state index in [9.17, 15) is 4.79 Å². The largest absolute Gasteiger partial charge is 0.350 e. The summed E-state index contributed by atoms with van der Waals surface area (Å²) in [5.41, 5.74) is 5.08. The molecule has 0 spiro atoms. The number of rotatable bonds is 5. The van der Waals surface area contributed by atoms with Crippen LogP contribution in [0.3, 0.4) is 0 Å². The number of amides is 1. The highest BCUT2D eigenvalue weighted by molar-refractivity contribution is 9.10. The van der Waals surface area contributed by atoms with Crippen molar-refractivity contribution < 1.29 is 4.79 Å². The van der Waals surface area contributed by atoms with E-state index in [1.54, 1.807) is 6.07 Å². The zero-order valence-electron chi connectivity index (χ0n) is 14.3. The van der Waals surface area contributed by atoms with Gasteiger partial charge in [0.1, 0.15) is 0 Å². The van der Waals surface area contributed by atoms with Crippen molar-refractivity contribution in [1.29, 1.82) is 0 Å². The van der Waals surface area contributed by atoms with Gasteiger partial charge in [-0.1, -0.05) is 42.5 Å². The molecule has 0 fully saturated rings. The molecule has 128 valence electrons. The van der Waals surface area contributed by atoms with Crippen LogP contribution in [0, 0.1) is 13.8 Å². The van der Waals surface area contributed by atoms with Gasteiger partial charge in [0.2, 0.25) is 0 Å². The maximum atomic E-state index is 12.3. The number of aryl methyl sites for hydroxylation is 1. The quantitative estimate of drug-likeness (QED) is 0.694. The Morgan fingerprint density at radius 2 is 1.76 bits per heavy atom. The summed E-state index contributed by atoms with van der Waals surface area (Å²) in [5.74, 6) is -0.0858. The van der Waals surface area contributed by atoms with Crippen LogP contribution < -0.4 is 5.32 Å². The van der Waals surface area contributed by atoms with E-state index in [0.29, 0.717) is 18.7 Å². The second kappa shape index (κ2) is 7.66. The molecule has 0 atom stereocenters. The third-order valence-electron chi connectivity index (χ3n) is 4.17. The Morgan fingerprint density at radius 1 is 1.08 bits per heavy atom. The van der Waals surface area contributed by atoms with E-state index in [0.717, 1.165) is 21.4 Å². The smallest absolute Gasteiger partial charge is 0.252 e. The van der Waals surface area contributed by atoms with Crippen molar-refractivity contribution in [1.82, 2.24) is 15.1 Å². The van der Waals surface area contributed by atoms with Gasteiger partial charge in [-0.3, -0.25) is 9.48 Å². The van der Waals surface area contributed by atoms with E-state index in [-0.39, 0.29) is 5.91 Å². The Kier molecular flexibility index (Phi) is 5.34. The fraction of sp³-hybridized carbons (Fsp3) is 0.200. The molecule has 0 bridgehead atoms. The second-order valence-corrected chi connectivity index (χ2v) is 6.73. The Hall–Kier alpha value is -2.40. The van der Waals surface area contributed by atoms with Crippen molar-refractivity contribution in [2.75, 3.05) is 6.54 Å². The fourth-order valence-corrected chi connectivity index (χ4v) is 3.42. The van der Waals surface area contributed by atoms with Gasteiger partial charge in [-0.15, -0.1) is 0 Å². The summed E-state index contributed by atoms with van der Waals surface area (Å²) in [6, 6.07) is 17.7. The van der Waals surface area contributed by atoms with Crippen LogP contribution >= 0.6 is 15.9 Å². The maximum absolute atomic E-state index is 12.3. The molecule has 0 aliphatic carbocycles. The third-order valence-corrected chi connectivity index (χ3v) is 4.86. The standard InChI is InChI=1S/C20H20BrN3O/c1-14-19(16-8-4-3-5-9-16)15(2)24(23-14)13-12-22-20(25)17-10-6-7-11-18(17)21/h3-11H,12-13H2,1-2H3,(H,22,25). The Balaban J connectivity index is 1.69. The van der Waals surface area contributed by atoms with Crippen LogP contribution in [0.1, 0.15) is 21.7 Å². The monoisotopic (exact) mass is 397 g/mol. The molecule has 1 N–H and O–H groups in total. The number of nitrogens with one attached hydrogen (secondary N) is 1. The molecular formula is C20H20BrN3O. The average Bonchev–Trinajstić information content (AvgIpc) is 2.89. The van der Waals surface area contributed by atoms with Gasteiger partial charge in [0, 0.05) is 22.3 Å². The molecule has 1 amide bonds. The van der Waals surface area contributed by atoms with Crippen LogP contribution in [0.15, 0.2) is 59.1 Å². The molecule has 2 aromatic carbocycles. The summed E-state index contributed by atoms with van der Waals surface area (Å²) >= 11 is 3.41. The summed E-state index contributed by atoms with van der Waals surface area (Å²) in [5, 5.41) is 7.58. The Labute approximate surface area is 156 Å². The van der Waals surface area contributed by atoms with Crippen molar-refractivity contribution in [3.05, 3.63) is 76.0 Å². The van der Waals surface area contributed by atoms with E-state index < -0.39 is 0 Å². The molecule has 0 aliphatic heterocycles. The molecule has 0 saturated heterocycles. The van der Waals surface area contributed by atoms with Crippen LogP contribution in [0.2, 0.25) is 0 Å². The first-order valence-corrected chi connectivity index (χ1v) is 8.99. The SMILES string of the molecule is Cc1nn(CCNC(=O)c2ccccc2Br)c(C)c1-c1ccccc1. The number of aromatic nitrogens is 2. The minimum Gasteiger partial charge on any atom is -0.350 e. The lowest BCUT2D eigenvalue weighted by Gasteiger charge is -2.09. The van der Waals surface area contributed by atoms with Crippen LogP contribution in [0.4, 0.5) is 0 Å². The second-order valence-electron chi connectivity index (χ2n) is 5.87. The number of carbonyl (C=O) groups is 1. The van der Waals surface area contributed by atoms with E-state index in [1.807, 2.05) is 48.0 Å². The minimum atomic E-state index is -0.0858. The molecule has 0 radical (unpaired) electrons. The van der Waals surface area contributed by atoms with Crippen molar-refractivity contribution in [2.24, 2.45) is 0 Å².